The van der Waals surface area contributed by atoms with Gasteiger partial charge in [-0.1, -0.05) is 0 Å². The summed E-state index contributed by atoms with van der Waals surface area (Å²) in [6.07, 6.45) is 0.336. The van der Waals surface area contributed by atoms with Crippen molar-refractivity contribution in [3.63, 3.8) is 0 Å². The number of sulfone groups is 1. The molecule has 2 rings (SSSR count). The Hall–Kier alpha value is -1.68. The first kappa shape index (κ1) is 19.6. The third-order valence-corrected chi connectivity index (χ3v) is 6.39. The number of piperazine rings is 1. The maximum absolute atomic E-state index is 12.7. The van der Waals surface area contributed by atoms with Crippen LogP contribution in [0.2, 0.25) is 0 Å². The van der Waals surface area contributed by atoms with E-state index in [1.807, 2.05) is 0 Å². The van der Waals surface area contributed by atoms with Crippen LogP contribution in [0.3, 0.4) is 0 Å². The van der Waals surface area contributed by atoms with Crippen molar-refractivity contribution in [1.29, 1.82) is 0 Å². The fourth-order valence-electron chi connectivity index (χ4n) is 3.14. The van der Waals surface area contributed by atoms with E-state index in [1.165, 1.54) is 23.8 Å². The fraction of sp³-hybridized carbons (Fsp3) is 0.800. The Morgan fingerprint density at radius 3 is 2.20 bits per heavy atom. The van der Waals surface area contributed by atoms with E-state index >= 15 is 0 Å². The zero-order valence-electron chi connectivity index (χ0n) is 14.6. The van der Waals surface area contributed by atoms with E-state index in [0.717, 1.165) is 0 Å². The van der Waals surface area contributed by atoms with Crippen molar-refractivity contribution in [3.05, 3.63) is 0 Å². The smallest absolute Gasteiger partial charge is 0.312 e. The summed E-state index contributed by atoms with van der Waals surface area (Å²) in [5, 5.41) is 0. The van der Waals surface area contributed by atoms with Crippen LogP contribution in [-0.2, 0) is 29.0 Å². The summed E-state index contributed by atoms with van der Waals surface area (Å²) in [4.78, 5) is 40.9. The Morgan fingerprint density at radius 1 is 1.12 bits per heavy atom. The van der Waals surface area contributed by atoms with Crippen LogP contribution in [0.15, 0.2) is 0 Å². The molecule has 25 heavy (non-hydrogen) atoms. The van der Waals surface area contributed by atoms with Gasteiger partial charge in [-0.05, 0) is 6.42 Å². The second-order valence-electron chi connectivity index (χ2n) is 6.35. The minimum atomic E-state index is -3.17. The topological polar surface area (TPSA) is 104 Å². The van der Waals surface area contributed by atoms with Crippen molar-refractivity contribution in [2.45, 2.75) is 19.4 Å². The molecule has 0 aromatic carbocycles. The van der Waals surface area contributed by atoms with E-state index in [-0.39, 0.29) is 30.6 Å². The van der Waals surface area contributed by atoms with E-state index in [9.17, 15) is 22.8 Å². The Kier molecular flexibility index (Phi) is 6.39. The molecule has 9 nitrogen and oxygen atoms in total. The highest BCUT2D eigenvalue weighted by molar-refractivity contribution is 7.91. The van der Waals surface area contributed by atoms with Gasteiger partial charge in [-0.25, -0.2) is 8.42 Å². The number of hydrogen-bond donors (Lipinski definition) is 0. The lowest BCUT2D eigenvalue weighted by Crippen LogP contribution is -2.56. The number of ether oxygens (including phenoxy) is 1. The normalized spacial score (nSPS) is 22.7. The first-order valence-electron chi connectivity index (χ1n) is 8.30. The van der Waals surface area contributed by atoms with E-state index in [4.69, 9.17) is 4.74 Å². The van der Waals surface area contributed by atoms with Crippen molar-refractivity contribution in [1.82, 2.24) is 14.7 Å². The predicted octanol–water partition coefficient (Wildman–Crippen LogP) is -1.66. The molecule has 0 saturated carbocycles. The third-order valence-electron chi connectivity index (χ3n) is 4.64. The summed E-state index contributed by atoms with van der Waals surface area (Å²) < 4.78 is 28.4. The van der Waals surface area contributed by atoms with Crippen molar-refractivity contribution in [2.24, 2.45) is 0 Å². The third kappa shape index (κ3) is 4.91. The summed E-state index contributed by atoms with van der Waals surface area (Å²) in [6, 6.07) is -0.491. The monoisotopic (exact) mass is 375 g/mol. The lowest BCUT2D eigenvalue weighted by Gasteiger charge is -2.35. The van der Waals surface area contributed by atoms with Crippen molar-refractivity contribution < 1.29 is 27.5 Å². The Bertz CT molecular complexity index is 627. The average Bonchev–Trinajstić information content (AvgIpc) is 2.94. The van der Waals surface area contributed by atoms with Gasteiger partial charge >= 0.3 is 11.8 Å². The molecule has 2 aliphatic rings. The minimum absolute atomic E-state index is 0.0277. The molecule has 2 saturated heterocycles. The van der Waals surface area contributed by atoms with Crippen molar-refractivity contribution in [3.8, 4) is 0 Å². The molecule has 3 amide bonds. The number of methoxy groups -OCH3 is 1. The van der Waals surface area contributed by atoms with Gasteiger partial charge in [0.05, 0.1) is 18.1 Å². The highest BCUT2D eigenvalue weighted by Gasteiger charge is 2.38. The van der Waals surface area contributed by atoms with Crippen LogP contribution in [-0.4, -0.2) is 105 Å². The second-order valence-corrected chi connectivity index (χ2v) is 8.58. The summed E-state index contributed by atoms with van der Waals surface area (Å²) in [5.41, 5.74) is 0. The molecule has 0 aromatic heterocycles. The molecule has 0 radical (unpaired) electrons. The van der Waals surface area contributed by atoms with E-state index in [2.05, 4.69) is 0 Å². The van der Waals surface area contributed by atoms with Gasteiger partial charge in [-0.3, -0.25) is 14.4 Å². The van der Waals surface area contributed by atoms with E-state index in [1.54, 1.807) is 4.90 Å². The molecule has 142 valence electrons. The van der Waals surface area contributed by atoms with Crippen LogP contribution in [0, 0.1) is 0 Å². The van der Waals surface area contributed by atoms with Gasteiger partial charge in [0.1, 0.15) is 0 Å². The molecule has 2 aliphatic heterocycles. The molecular formula is C15H25N3O6S. The lowest BCUT2D eigenvalue weighted by atomic mass is 10.2. The molecule has 2 fully saturated rings. The Morgan fingerprint density at radius 2 is 1.72 bits per heavy atom. The summed E-state index contributed by atoms with van der Waals surface area (Å²) in [6.45, 7) is 3.25. The van der Waals surface area contributed by atoms with Gasteiger partial charge in [-0.15, -0.1) is 0 Å². The van der Waals surface area contributed by atoms with Crippen molar-refractivity contribution in [2.75, 3.05) is 57.9 Å². The molecule has 2 heterocycles. The van der Waals surface area contributed by atoms with Gasteiger partial charge in [-0.2, -0.15) is 0 Å². The highest BCUT2D eigenvalue weighted by Crippen LogP contribution is 2.18. The van der Waals surface area contributed by atoms with Crippen LogP contribution >= 0.6 is 0 Å². The second kappa shape index (κ2) is 8.13. The van der Waals surface area contributed by atoms with Crippen LogP contribution < -0.4 is 0 Å². The molecule has 0 aromatic rings. The number of amides is 3. The molecule has 0 aliphatic carbocycles. The molecule has 0 spiro atoms. The van der Waals surface area contributed by atoms with E-state index in [0.29, 0.717) is 32.6 Å². The molecule has 0 bridgehead atoms. The lowest BCUT2D eigenvalue weighted by molar-refractivity contribution is -0.155. The minimum Gasteiger partial charge on any atom is -0.383 e. The van der Waals surface area contributed by atoms with Crippen LogP contribution in [0.4, 0.5) is 0 Å². The molecule has 1 unspecified atom stereocenters. The average molecular weight is 375 g/mol. The Balaban J connectivity index is 2.03. The standard InChI is InChI=1S/C15H25N3O6S/c1-12(19)16-4-6-17(7-5-16)14(20)15(21)18(8-9-24-2)13-3-10-25(22,23)11-13/h13H,3-11H2,1-2H3. The maximum Gasteiger partial charge on any atom is 0.312 e. The predicted molar refractivity (Wildman–Crippen MR) is 89.5 cm³/mol. The quantitative estimate of drug-likeness (QED) is 0.545. The van der Waals surface area contributed by atoms with Gasteiger partial charge in [0.15, 0.2) is 9.84 Å². The van der Waals surface area contributed by atoms with Gasteiger partial charge in [0, 0.05) is 52.8 Å². The van der Waals surface area contributed by atoms with Crippen molar-refractivity contribution >= 4 is 27.6 Å². The fourth-order valence-corrected chi connectivity index (χ4v) is 4.87. The maximum atomic E-state index is 12.7. The first-order valence-corrected chi connectivity index (χ1v) is 10.1. The van der Waals surface area contributed by atoms with Gasteiger partial charge in [0.25, 0.3) is 0 Å². The number of carbonyl (C=O) groups is 3. The molecule has 1 atom stereocenters. The van der Waals surface area contributed by atoms with Crippen LogP contribution in [0.1, 0.15) is 13.3 Å². The molecule has 10 heteroatoms. The highest BCUT2D eigenvalue weighted by atomic mass is 32.2. The molecule has 0 N–H and O–H groups in total. The van der Waals surface area contributed by atoms with Gasteiger partial charge in [0.2, 0.25) is 5.91 Å². The number of rotatable bonds is 4. The number of nitrogens with zero attached hydrogens (tertiary/aromatic N) is 3. The zero-order valence-corrected chi connectivity index (χ0v) is 15.5. The van der Waals surface area contributed by atoms with Gasteiger partial charge < -0.3 is 19.4 Å². The summed E-state index contributed by atoms with van der Waals surface area (Å²) >= 11 is 0. The van der Waals surface area contributed by atoms with Crippen LogP contribution in [0.5, 0.6) is 0 Å². The summed E-state index contributed by atoms with van der Waals surface area (Å²) in [5.74, 6) is -1.50. The summed E-state index contributed by atoms with van der Waals surface area (Å²) in [7, 11) is -1.69. The number of hydrogen-bond acceptors (Lipinski definition) is 6. The zero-order chi connectivity index (χ0) is 18.6. The number of carbonyl (C=O) groups excluding carboxylic acids is 3. The first-order chi connectivity index (χ1) is 11.7. The largest absolute Gasteiger partial charge is 0.383 e. The Labute approximate surface area is 147 Å². The molecular weight excluding hydrogens is 350 g/mol. The van der Waals surface area contributed by atoms with Crippen LogP contribution in [0.25, 0.3) is 0 Å². The van der Waals surface area contributed by atoms with E-state index < -0.39 is 27.7 Å². The SMILES string of the molecule is COCCN(C(=O)C(=O)N1CCN(C(C)=O)CC1)C1CCS(=O)(=O)C1.